The van der Waals surface area contributed by atoms with Gasteiger partial charge < -0.3 is 0 Å². The molecule has 0 unspecified atom stereocenters. The van der Waals surface area contributed by atoms with E-state index < -0.39 is 11.7 Å². The summed E-state index contributed by atoms with van der Waals surface area (Å²) in [5, 5.41) is 0.418. The van der Waals surface area contributed by atoms with E-state index in [2.05, 4.69) is 11.1 Å². The quantitative estimate of drug-likeness (QED) is 0.373. The lowest BCUT2D eigenvalue weighted by Gasteiger charge is -2.16. The standard InChI is InChI=1S/C22H19F3N2OS2/c1-13-6-7-14(2)15(10-13)12-30-21-26-18-8-9-29-19(18)20(28)27(21)17-5-3-4-16(11-17)22(23,24)25/h3-7,10-11H,8-9,12H2,1-2H3. The van der Waals surface area contributed by atoms with Gasteiger partial charge in [-0.25, -0.2) is 4.98 Å². The Morgan fingerprint density at radius 1 is 1.17 bits per heavy atom. The molecule has 0 saturated carbocycles. The molecule has 0 aliphatic carbocycles. The van der Waals surface area contributed by atoms with Crippen LogP contribution < -0.4 is 5.56 Å². The maximum Gasteiger partial charge on any atom is 0.416 e. The Kier molecular flexibility index (Phi) is 5.72. The minimum Gasteiger partial charge on any atom is -0.268 e. The topological polar surface area (TPSA) is 34.9 Å². The molecule has 30 heavy (non-hydrogen) atoms. The molecule has 156 valence electrons. The Bertz CT molecular complexity index is 1170. The van der Waals surface area contributed by atoms with Crippen molar-refractivity contribution in [2.24, 2.45) is 0 Å². The van der Waals surface area contributed by atoms with E-state index in [0.717, 1.165) is 40.3 Å². The van der Waals surface area contributed by atoms with Crippen molar-refractivity contribution < 1.29 is 13.2 Å². The van der Waals surface area contributed by atoms with Crippen LogP contribution in [0.3, 0.4) is 0 Å². The number of aryl methyl sites for hydroxylation is 3. The number of nitrogens with zero attached hydrogens (tertiary/aromatic N) is 2. The van der Waals surface area contributed by atoms with Gasteiger partial charge >= 0.3 is 6.18 Å². The number of hydrogen-bond acceptors (Lipinski definition) is 4. The second kappa shape index (κ2) is 8.15. The molecule has 0 atom stereocenters. The molecule has 3 aromatic rings. The van der Waals surface area contributed by atoms with Crippen molar-refractivity contribution in [3.05, 3.63) is 80.8 Å². The average Bonchev–Trinajstić information content (AvgIpc) is 3.17. The van der Waals surface area contributed by atoms with Gasteiger partial charge in [-0.1, -0.05) is 41.6 Å². The molecule has 2 heterocycles. The highest BCUT2D eigenvalue weighted by atomic mass is 32.2. The lowest BCUT2D eigenvalue weighted by atomic mass is 10.1. The van der Waals surface area contributed by atoms with E-state index >= 15 is 0 Å². The molecular weight excluding hydrogens is 429 g/mol. The third-order valence-corrected chi connectivity index (χ3v) is 7.05. The van der Waals surface area contributed by atoms with Crippen molar-refractivity contribution in [2.75, 3.05) is 5.75 Å². The van der Waals surface area contributed by atoms with Crippen molar-refractivity contribution in [3.63, 3.8) is 0 Å². The van der Waals surface area contributed by atoms with Crippen molar-refractivity contribution in [2.45, 2.75) is 42.2 Å². The summed E-state index contributed by atoms with van der Waals surface area (Å²) in [4.78, 5) is 18.4. The molecule has 0 spiro atoms. The number of halogens is 3. The van der Waals surface area contributed by atoms with Gasteiger partial charge in [-0.2, -0.15) is 13.2 Å². The molecule has 0 saturated heterocycles. The van der Waals surface area contributed by atoms with Crippen LogP contribution >= 0.6 is 23.5 Å². The molecule has 1 aliphatic heterocycles. The Hall–Kier alpha value is -2.19. The molecule has 1 aromatic heterocycles. The average molecular weight is 449 g/mol. The maximum atomic E-state index is 13.2. The van der Waals surface area contributed by atoms with Crippen LogP contribution in [0, 0.1) is 13.8 Å². The minimum absolute atomic E-state index is 0.182. The molecular formula is C22H19F3N2OS2. The normalized spacial score (nSPS) is 13.5. The highest BCUT2D eigenvalue weighted by Gasteiger charge is 2.31. The van der Waals surface area contributed by atoms with Crippen LogP contribution in [-0.4, -0.2) is 15.3 Å². The monoisotopic (exact) mass is 448 g/mol. The van der Waals surface area contributed by atoms with Crippen molar-refractivity contribution in [1.29, 1.82) is 0 Å². The molecule has 3 nitrogen and oxygen atoms in total. The molecule has 1 aliphatic rings. The molecule has 0 N–H and O–H groups in total. The predicted molar refractivity (Wildman–Crippen MR) is 115 cm³/mol. The summed E-state index contributed by atoms with van der Waals surface area (Å²) in [6, 6.07) is 11.0. The van der Waals surface area contributed by atoms with Gasteiger partial charge in [0.2, 0.25) is 0 Å². The van der Waals surface area contributed by atoms with E-state index in [1.54, 1.807) is 0 Å². The number of alkyl halides is 3. The van der Waals surface area contributed by atoms with E-state index in [1.165, 1.54) is 40.2 Å². The van der Waals surface area contributed by atoms with Gasteiger partial charge in [-0.3, -0.25) is 9.36 Å². The van der Waals surface area contributed by atoms with Gasteiger partial charge in [-0.15, -0.1) is 11.8 Å². The van der Waals surface area contributed by atoms with Crippen molar-refractivity contribution >= 4 is 23.5 Å². The van der Waals surface area contributed by atoms with E-state index in [4.69, 9.17) is 0 Å². The van der Waals surface area contributed by atoms with Crippen LogP contribution in [0.1, 0.15) is 27.9 Å². The maximum absolute atomic E-state index is 13.2. The number of benzene rings is 2. The van der Waals surface area contributed by atoms with Crippen LogP contribution in [0.2, 0.25) is 0 Å². The Labute approximate surface area is 180 Å². The van der Waals surface area contributed by atoms with Crippen LogP contribution in [0.4, 0.5) is 13.2 Å². The fourth-order valence-corrected chi connectivity index (χ4v) is 5.45. The number of rotatable bonds is 4. The second-order valence-corrected chi connectivity index (χ2v) is 9.22. The summed E-state index contributed by atoms with van der Waals surface area (Å²) in [6.07, 6.45) is -3.79. The number of aromatic nitrogens is 2. The summed E-state index contributed by atoms with van der Waals surface area (Å²) in [7, 11) is 0. The van der Waals surface area contributed by atoms with Crippen molar-refractivity contribution in [3.8, 4) is 5.69 Å². The Morgan fingerprint density at radius 3 is 2.73 bits per heavy atom. The van der Waals surface area contributed by atoms with Crippen molar-refractivity contribution in [1.82, 2.24) is 9.55 Å². The number of fused-ring (bicyclic) bond motifs is 1. The van der Waals surface area contributed by atoms with Crippen LogP contribution in [0.5, 0.6) is 0 Å². The first-order chi connectivity index (χ1) is 14.2. The summed E-state index contributed by atoms with van der Waals surface area (Å²) in [6.45, 7) is 4.03. The van der Waals surface area contributed by atoms with Gasteiger partial charge in [0.15, 0.2) is 5.16 Å². The van der Waals surface area contributed by atoms with E-state index in [9.17, 15) is 18.0 Å². The lowest BCUT2D eigenvalue weighted by molar-refractivity contribution is -0.137. The summed E-state index contributed by atoms with van der Waals surface area (Å²) in [5.41, 5.74) is 3.19. The third kappa shape index (κ3) is 4.16. The molecule has 2 aromatic carbocycles. The largest absolute Gasteiger partial charge is 0.416 e. The number of thioether (sulfide) groups is 2. The molecule has 0 fully saturated rings. The van der Waals surface area contributed by atoms with E-state index in [0.29, 0.717) is 22.2 Å². The zero-order valence-corrected chi connectivity index (χ0v) is 18.0. The van der Waals surface area contributed by atoms with Gasteiger partial charge in [0.1, 0.15) is 0 Å². The smallest absolute Gasteiger partial charge is 0.268 e. The molecule has 0 radical (unpaired) electrons. The SMILES string of the molecule is Cc1ccc(C)c(CSc2nc3c(c(=O)n2-c2cccc(C(F)(F)F)c2)SCC3)c1. The Balaban J connectivity index is 1.80. The molecule has 4 rings (SSSR count). The molecule has 0 amide bonds. The van der Waals surface area contributed by atoms with E-state index in [-0.39, 0.29) is 11.2 Å². The van der Waals surface area contributed by atoms with Crippen LogP contribution in [-0.2, 0) is 18.3 Å². The highest BCUT2D eigenvalue weighted by molar-refractivity contribution is 7.99. The third-order valence-electron chi connectivity index (χ3n) is 4.96. The zero-order valence-electron chi connectivity index (χ0n) is 16.4. The van der Waals surface area contributed by atoms with Crippen LogP contribution in [0.15, 0.2) is 57.3 Å². The summed E-state index contributed by atoms with van der Waals surface area (Å²) >= 11 is 2.79. The van der Waals surface area contributed by atoms with Gasteiger partial charge in [0.25, 0.3) is 5.56 Å². The number of hydrogen-bond donors (Lipinski definition) is 0. The summed E-state index contributed by atoms with van der Waals surface area (Å²) in [5.74, 6) is 1.33. The first-order valence-corrected chi connectivity index (χ1v) is 11.4. The second-order valence-electron chi connectivity index (χ2n) is 7.18. The molecule has 0 bridgehead atoms. The van der Waals surface area contributed by atoms with Crippen LogP contribution in [0.25, 0.3) is 5.69 Å². The fraction of sp³-hybridized carbons (Fsp3) is 0.273. The van der Waals surface area contributed by atoms with Gasteiger partial charge in [0, 0.05) is 17.9 Å². The zero-order chi connectivity index (χ0) is 21.5. The lowest BCUT2D eigenvalue weighted by Crippen LogP contribution is -2.24. The summed E-state index contributed by atoms with van der Waals surface area (Å²) < 4.78 is 41.1. The predicted octanol–water partition coefficient (Wildman–Crippen LogP) is 5.81. The molecule has 8 heteroatoms. The van der Waals surface area contributed by atoms with E-state index in [1.807, 2.05) is 26.0 Å². The minimum atomic E-state index is -4.48. The first kappa shape index (κ1) is 21.1. The van der Waals surface area contributed by atoms with Gasteiger partial charge in [0.05, 0.1) is 21.8 Å². The first-order valence-electron chi connectivity index (χ1n) is 9.39. The van der Waals surface area contributed by atoms with Gasteiger partial charge in [-0.05, 0) is 43.2 Å². The Morgan fingerprint density at radius 2 is 1.97 bits per heavy atom. The fourth-order valence-electron chi connectivity index (χ4n) is 3.34. The highest BCUT2D eigenvalue weighted by Crippen LogP contribution is 2.34.